The maximum atomic E-state index is 13.7. The molecule has 132 valence electrons. The van der Waals surface area contributed by atoms with E-state index in [1.165, 1.54) is 6.07 Å². The third-order valence-corrected chi connectivity index (χ3v) is 3.51. The van der Waals surface area contributed by atoms with E-state index >= 15 is 0 Å². The standard InChI is InChI=1S/C19H21FN2O3/c1-3-25-19(24)15-9-5-7-11-17(15)21-18(23)13-22(2)12-14-8-4-6-10-16(14)20/h4-11H,3,12-13H2,1-2H3,(H,21,23). The van der Waals surface area contributed by atoms with Crippen LogP contribution in [0.2, 0.25) is 0 Å². The van der Waals surface area contributed by atoms with Gasteiger partial charge in [-0.3, -0.25) is 9.69 Å². The number of likely N-dealkylation sites (N-methyl/N-ethyl adjacent to an activating group) is 1. The van der Waals surface area contributed by atoms with Crippen LogP contribution >= 0.6 is 0 Å². The van der Waals surface area contributed by atoms with Crippen LogP contribution < -0.4 is 5.32 Å². The van der Waals surface area contributed by atoms with Crippen LogP contribution in [0.4, 0.5) is 10.1 Å². The Labute approximate surface area is 146 Å². The lowest BCUT2D eigenvalue weighted by molar-refractivity contribution is -0.117. The summed E-state index contributed by atoms with van der Waals surface area (Å²) in [6.07, 6.45) is 0. The molecule has 0 unspecified atom stereocenters. The van der Waals surface area contributed by atoms with E-state index in [1.54, 1.807) is 61.3 Å². The summed E-state index contributed by atoms with van der Waals surface area (Å²) in [5, 5.41) is 2.71. The normalized spacial score (nSPS) is 10.6. The van der Waals surface area contributed by atoms with Gasteiger partial charge in [-0.05, 0) is 32.2 Å². The number of hydrogen-bond donors (Lipinski definition) is 1. The van der Waals surface area contributed by atoms with Crippen LogP contribution in [0, 0.1) is 5.82 Å². The molecule has 0 atom stereocenters. The van der Waals surface area contributed by atoms with Crippen molar-refractivity contribution in [1.82, 2.24) is 4.90 Å². The largest absolute Gasteiger partial charge is 0.462 e. The summed E-state index contributed by atoms with van der Waals surface area (Å²) in [7, 11) is 1.73. The Bertz CT molecular complexity index is 749. The molecule has 0 fully saturated rings. The molecule has 6 heteroatoms. The second-order valence-corrected chi connectivity index (χ2v) is 5.58. The highest BCUT2D eigenvalue weighted by molar-refractivity contribution is 6.01. The summed E-state index contributed by atoms with van der Waals surface area (Å²) >= 11 is 0. The molecule has 0 aliphatic heterocycles. The fourth-order valence-electron chi connectivity index (χ4n) is 2.39. The van der Waals surface area contributed by atoms with Crippen molar-refractivity contribution >= 4 is 17.6 Å². The first-order valence-electron chi connectivity index (χ1n) is 7.99. The highest BCUT2D eigenvalue weighted by Gasteiger charge is 2.15. The van der Waals surface area contributed by atoms with Crippen molar-refractivity contribution in [2.75, 3.05) is 25.5 Å². The van der Waals surface area contributed by atoms with E-state index in [1.807, 2.05) is 0 Å². The second kappa shape index (κ2) is 8.94. The van der Waals surface area contributed by atoms with Crippen LogP contribution in [0.5, 0.6) is 0 Å². The average Bonchev–Trinajstić information content (AvgIpc) is 2.57. The van der Waals surface area contributed by atoms with E-state index in [-0.39, 0.29) is 24.9 Å². The van der Waals surface area contributed by atoms with Crippen LogP contribution in [-0.4, -0.2) is 37.0 Å². The van der Waals surface area contributed by atoms with Gasteiger partial charge in [0.15, 0.2) is 0 Å². The van der Waals surface area contributed by atoms with Gasteiger partial charge in [0.2, 0.25) is 5.91 Å². The minimum atomic E-state index is -0.488. The lowest BCUT2D eigenvalue weighted by Crippen LogP contribution is -2.30. The minimum absolute atomic E-state index is 0.0610. The van der Waals surface area contributed by atoms with Gasteiger partial charge in [-0.1, -0.05) is 30.3 Å². The molecule has 1 amide bonds. The molecule has 25 heavy (non-hydrogen) atoms. The predicted octanol–water partition coefficient (Wildman–Crippen LogP) is 3.07. The number of carbonyl (C=O) groups is 2. The molecule has 0 heterocycles. The number of halogens is 1. The summed E-state index contributed by atoms with van der Waals surface area (Å²) in [6, 6.07) is 13.1. The number of carbonyl (C=O) groups excluding carboxylic acids is 2. The fourth-order valence-corrected chi connectivity index (χ4v) is 2.39. The van der Waals surface area contributed by atoms with E-state index in [4.69, 9.17) is 4.74 Å². The number of esters is 1. The van der Waals surface area contributed by atoms with Crippen LogP contribution in [-0.2, 0) is 16.1 Å². The van der Waals surface area contributed by atoms with Crippen molar-refractivity contribution < 1.29 is 18.7 Å². The number of benzene rings is 2. The summed E-state index contributed by atoms with van der Waals surface area (Å²) < 4.78 is 18.7. The zero-order valence-corrected chi connectivity index (χ0v) is 14.3. The number of anilines is 1. The van der Waals surface area contributed by atoms with Crippen LogP contribution in [0.25, 0.3) is 0 Å². The number of nitrogens with one attached hydrogen (secondary N) is 1. The van der Waals surface area contributed by atoms with Crippen molar-refractivity contribution in [2.24, 2.45) is 0 Å². The third kappa shape index (κ3) is 5.39. The number of nitrogens with zero attached hydrogens (tertiary/aromatic N) is 1. The molecule has 0 bridgehead atoms. The van der Waals surface area contributed by atoms with Gasteiger partial charge in [-0.2, -0.15) is 0 Å². The van der Waals surface area contributed by atoms with Gasteiger partial charge in [0.05, 0.1) is 24.4 Å². The van der Waals surface area contributed by atoms with Gasteiger partial charge in [0.25, 0.3) is 0 Å². The fraction of sp³-hybridized carbons (Fsp3) is 0.263. The van der Waals surface area contributed by atoms with Crippen molar-refractivity contribution in [2.45, 2.75) is 13.5 Å². The molecule has 0 aliphatic rings. The zero-order chi connectivity index (χ0) is 18.2. The SMILES string of the molecule is CCOC(=O)c1ccccc1NC(=O)CN(C)Cc1ccccc1F. The number of para-hydroxylation sites is 1. The van der Waals surface area contributed by atoms with Gasteiger partial charge >= 0.3 is 5.97 Å². The molecular formula is C19H21FN2O3. The summed E-state index contributed by atoms with van der Waals surface area (Å²) in [5.74, 6) is -1.09. The molecule has 2 rings (SSSR count). The van der Waals surface area contributed by atoms with E-state index < -0.39 is 5.97 Å². The smallest absolute Gasteiger partial charge is 0.340 e. The van der Waals surface area contributed by atoms with E-state index in [2.05, 4.69) is 5.32 Å². The van der Waals surface area contributed by atoms with Gasteiger partial charge < -0.3 is 10.1 Å². The Hall–Kier alpha value is -2.73. The van der Waals surface area contributed by atoms with Gasteiger partial charge in [0.1, 0.15) is 5.82 Å². The Morgan fingerprint density at radius 2 is 1.80 bits per heavy atom. The van der Waals surface area contributed by atoms with Crippen molar-refractivity contribution in [1.29, 1.82) is 0 Å². The van der Waals surface area contributed by atoms with Crippen LogP contribution in [0.15, 0.2) is 48.5 Å². The molecule has 1 N–H and O–H groups in total. The Balaban J connectivity index is 1.98. The number of hydrogen-bond acceptors (Lipinski definition) is 4. The first-order chi connectivity index (χ1) is 12.0. The highest BCUT2D eigenvalue weighted by Crippen LogP contribution is 2.16. The van der Waals surface area contributed by atoms with Gasteiger partial charge in [-0.15, -0.1) is 0 Å². The van der Waals surface area contributed by atoms with E-state index in [0.29, 0.717) is 23.4 Å². The molecule has 2 aromatic carbocycles. The maximum absolute atomic E-state index is 13.7. The third-order valence-electron chi connectivity index (χ3n) is 3.51. The highest BCUT2D eigenvalue weighted by atomic mass is 19.1. The number of ether oxygens (including phenoxy) is 1. The molecule has 0 saturated heterocycles. The lowest BCUT2D eigenvalue weighted by Gasteiger charge is -2.17. The van der Waals surface area contributed by atoms with Crippen molar-refractivity contribution in [3.05, 3.63) is 65.5 Å². The molecule has 0 aromatic heterocycles. The summed E-state index contributed by atoms with van der Waals surface area (Å²) in [6.45, 7) is 2.34. The molecule has 0 radical (unpaired) electrons. The molecule has 0 spiro atoms. The van der Waals surface area contributed by atoms with Crippen LogP contribution in [0.1, 0.15) is 22.8 Å². The molecule has 2 aromatic rings. The topological polar surface area (TPSA) is 58.6 Å². The van der Waals surface area contributed by atoms with Crippen LogP contribution in [0.3, 0.4) is 0 Å². The maximum Gasteiger partial charge on any atom is 0.340 e. The minimum Gasteiger partial charge on any atom is -0.462 e. The lowest BCUT2D eigenvalue weighted by atomic mass is 10.1. The predicted molar refractivity (Wildman–Crippen MR) is 93.8 cm³/mol. The number of amides is 1. The zero-order valence-electron chi connectivity index (χ0n) is 14.3. The first kappa shape index (κ1) is 18.6. The molecule has 0 saturated carbocycles. The van der Waals surface area contributed by atoms with Crippen molar-refractivity contribution in [3.8, 4) is 0 Å². The van der Waals surface area contributed by atoms with E-state index in [0.717, 1.165) is 0 Å². The van der Waals surface area contributed by atoms with Gasteiger partial charge in [0, 0.05) is 12.1 Å². The first-order valence-corrected chi connectivity index (χ1v) is 7.99. The molecular weight excluding hydrogens is 323 g/mol. The average molecular weight is 344 g/mol. The van der Waals surface area contributed by atoms with Gasteiger partial charge in [-0.25, -0.2) is 9.18 Å². The quantitative estimate of drug-likeness (QED) is 0.784. The Morgan fingerprint density at radius 1 is 1.12 bits per heavy atom. The second-order valence-electron chi connectivity index (χ2n) is 5.58. The van der Waals surface area contributed by atoms with Crippen molar-refractivity contribution in [3.63, 3.8) is 0 Å². The molecule has 5 nitrogen and oxygen atoms in total. The number of rotatable bonds is 7. The Morgan fingerprint density at radius 3 is 2.52 bits per heavy atom. The Kier molecular flexibility index (Phi) is 6.65. The monoisotopic (exact) mass is 344 g/mol. The summed E-state index contributed by atoms with van der Waals surface area (Å²) in [4.78, 5) is 25.8. The van der Waals surface area contributed by atoms with E-state index in [9.17, 15) is 14.0 Å². The molecule has 0 aliphatic carbocycles. The summed E-state index contributed by atoms with van der Waals surface area (Å²) in [5.41, 5.74) is 1.21.